The van der Waals surface area contributed by atoms with Crippen molar-refractivity contribution < 1.29 is 13.9 Å². The van der Waals surface area contributed by atoms with E-state index in [-0.39, 0.29) is 17.6 Å². The molecule has 3 aromatic heterocycles. The Balaban J connectivity index is 1.76. The Labute approximate surface area is 198 Å². The van der Waals surface area contributed by atoms with Gasteiger partial charge in [-0.3, -0.25) is 9.36 Å². The van der Waals surface area contributed by atoms with E-state index < -0.39 is 16.9 Å². The third-order valence-electron chi connectivity index (χ3n) is 5.67. The maximum absolute atomic E-state index is 13.7. The maximum atomic E-state index is 13.7. The van der Waals surface area contributed by atoms with Crippen molar-refractivity contribution in [2.24, 2.45) is 0 Å². The second-order valence-electron chi connectivity index (χ2n) is 7.76. The quantitative estimate of drug-likeness (QED) is 0.350. The number of hydrogen-bond acceptors (Lipinski definition) is 7. The SMILES string of the molecule is CCOc1ccc2oc(=O)cc(Cn3c(=O)c4cccnc4n(-c4ccc(OC)cc4)c3=O)c2c1. The van der Waals surface area contributed by atoms with Crippen molar-refractivity contribution in [3.63, 3.8) is 0 Å². The van der Waals surface area contributed by atoms with Crippen LogP contribution >= 0.6 is 0 Å². The summed E-state index contributed by atoms with van der Waals surface area (Å²) in [7, 11) is 1.55. The van der Waals surface area contributed by atoms with E-state index >= 15 is 0 Å². The third-order valence-corrected chi connectivity index (χ3v) is 5.67. The summed E-state index contributed by atoms with van der Waals surface area (Å²) in [6.45, 7) is 2.18. The highest BCUT2D eigenvalue weighted by molar-refractivity contribution is 5.82. The number of fused-ring (bicyclic) bond motifs is 2. The first kappa shape index (κ1) is 22.1. The van der Waals surface area contributed by atoms with Crippen LogP contribution in [0.2, 0.25) is 0 Å². The third kappa shape index (κ3) is 3.97. The van der Waals surface area contributed by atoms with Crippen LogP contribution in [0.5, 0.6) is 11.5 Å². The van der Waals surface area contributed by atoms with Crippen LogP contribution in [0.3, 0.4) is 0 Å². The molecule has 35 heavy (non-hydrogen) atoms. The first-order valence-electron chi connectivity index (χ1n) is 10.9. The number of methoxy groups -OCH3 is 1. The molecule has 0 saturated carbocycles. The zero-order chi connectivity index (χ0) is 24.5. The summed E-state index contributed by atoms with van der Waals surface area (Å²) in [5.41, 5.74) is -0.130. The normalized spacial score (nSPS) is 11.1. The minimum atomic E-state index is -0.589. The molecule has 0 spiro atoms. The molecule has 0 fully saturated rings. The Morgan fingerprint density at radius 1 is 0.943 bits per heavy atom. The number of pyridine rings is 1. The van der Waals surface area contributed by atoms with E-state index in [1.807, 2.05) is 6.92 Å². The molecule has 2 aromatic carbocycles. The molecular weight excluding hydrogens is 450 g/mol. The highest BCUT2D eigenvalue weighted by atomic mass is 16.5. The van der Waals surface area contributed by atoms with E-state index in [2.05, 4.69) is 4.98 Å². The van der Waals surface area contributed by atoms with Crippen molar-refractivity contribution in [1.29, 1.82) is 0 Å². The summed E-state index contributed by atoms with van der Waals surface area (Å²) in [6, 6.07) is 16.5. The molecule has 3 heterocycles. The van der Waals surface area contributed by atoms with E-state index in [1.165, 1.54) is 16.8 Å². The van der Waals surface area contributed by atoms with Crippen molar-refractivity contribution in [3.05, 3.63) is 104 Å². The van der Waals surface area contributed by atoms with E-state index in [4.69, 9.17) is 13.9 Å². The molecule has 0 radical (unpaired) electrons. The fraction of sp³-hybridized carbons (Fsp3) is 0.154. The van der Waals surface area contributed by atoms with Crippen molar-refractivity contribution in [2.45, 2.75) is 13.5 Å². The summed E-state index contributed by atoms with van der Waals surface area (Å²) < 4.78 is 18.6. The van der Waals surface area contributed by atoms with Gasteiger partial charge in [0, 0.05) is 17.6 Å². The molecule has 9 heteroatoms. The molecule has 9 nitrogen and oxygen atoms in total. The standard InChI is InChI=1S/C26H21N3O6/c1-3-34-19-10-11-22-21(14-19)16(13-23(30)35-22)15-28-25(31)20-5-4-12-27-24(20)29(26(28)32)17-6-8-18(33-2)9-7-17/h4-14H,3,15H2,1-2H3. The fourth-order valence-electron chi connectivity index (χ4n) is 4.05. The van der Waals surface area contributed by atoms with Gasteiger partial charge in [-0.05, 0) is 67.1 Å². The number of nitrogens with zero attached hydrogens (tertiary/aromatic N) is 3. The van der Waals surface area contributed by atoms with Gasteiger partial charge in [0.15, 0.2) is 5.65 Å². The van der Waals surface area contributed by atoms with Crippen molar-refractivity contribution in [2.75, 3.05) is 13.7 Å². The molecule has 176 valence electrons. The van der Waals surface area contributed by atoms with Gasteiger partial charge in [-0.2, -0.15) is 0 Å². The van der Waals surface area contributed by atoms with Gasteiger partial charge >= 0.3 is 11.3 Å². The van der Waals surface area contributed by atoms with Gasteiger partial charge in [-0.1, -0.05) is 0 Å². The molecular formula is C26H21N3O6. The number of rotatable bonds is 6. The Kier molecular flexibility index (Phi) is 5.66. The highest BCUT2D eigenvalue weighted by Gasteiger charge is 2.17. The predicted octanol–water partition coefficient (Wildman–Crippen LogP) is 3.11. The highest BCUT2D eigenvalue weighted by Crippen LogP contribution is 2.24. The molecule has 0 aliphatic carbocycles. The molecule has 0 aliphatic heterocycles. The Hall–Kier alpha value is -4.66. The smallest absolute Gasteiger partial charge is 0.337 e. The van der Waals surface area contributed by atoms with Gasteiger partial charge in [-0.15, -0.1) is 0 Å². The second-order valence-corrected chi connectivity index (χ2v) is 7.76. The first-order valence-corrected chi connectivity index (χ1v) is 10.9. The average molecular weight is 471 g/mol. The lowest BCUT2D eigenvalue weighted by molar-refractivity contribution is 0.340. The van der Waals surface area contributed by atoms with E-state index in [0.29, 0.717) is 40.3 Å². The first-order chi connectivity index (χ1) is 17.0. The molecule has 0 atom stereocenters. The molecule has 0 N–H and O–H groups in total. The number of ether oxygens (including phenoxy) is 2. The van der Waals surface area contributed by atoms with Crippen molar-refractivity contribution in [3.8, 4) is 17.2 Å². The lowest BCUT2D eigenvalue weighted by Gasteiger charge is -2.14. The van der Waals surface area contributed by atoms with Crippen molar-refractivity contribution >= 4 is 22.0 Å². The largest absolute Gasteiger partial charge is 0.497 e. The van der Waals surface area contributed by atoms with Gasteiger partial charge in [0.05, 0.1) is 31.3 Å². The lowest BCUT2D eigenvalue weighted by Crippen LogP contribution is -2.40. The summed E-state index contributed by atoms with van der Waals surface area (Å²) in [6.07, 6.45) is 1.52. The molecule has 0 bridgehead atoms. The van der Waals surface area contributed by atoms with Gasteiger partial charge in [-0.25, -0.2) is 19.1 Å². The summed E-state index contributed by atoms with van der Waals surface area (Å²) in [4.78, 5) is 43.6. The zero-order valence-electron chi connectivity index (χ0n) is 19.1. The van der Waals surface area contributed by atoms with Crippen LogP contribution < -0.4 is 26.3 Å². The summed E-state index contributed by atoms with van der Waals surface area (Å²) >= 11 is 0. The molecule has 5 rings (SSSR count). The van der Waals surface area contributed by atoms with Crippen LogP contribution in [0.1, 0.15) is 12.5 Å². The van der Waals surface area contributed by atoms with E-state index in [1.54, 1.807) is 61.7 Å². The molecule has 5 aromatic rings. The van der Waals surface area contributed by atoms with Crippen LogP contribution in [0.4, 0.5) is 0 Å². The monoisotopic (exact) mass is 471 g/mol. The number of aromatic nitrogens is 3. The molecule has 0 aliphatic rings. The molecule has 0 amide bonds. The van der Waals surface area contributed by atoms with Gasteiger partial charge in [0.1, 0.15) is 17.1 Å². The Morgan fingerprint density at radius 2 is 1.71 bits per heavy atom. The van der Waals surface area contributed by atoms with E-state index in [0.717, 1.165) is 4.57 Å². The van der Waals surface area contributed by atoms with Crippen LogP contribution in [-0.2, 0) is 6.54 Å². The number of benzene rings is 2. The van der Waals surface area contributed by atoms with Gasteiger partial charge in [0.2, 0.25) is 0 Å². The maximum Gasteiger partial charge on any atom is 0.337 e. The topological polar surface area (TPSA) is 106 Å². The van der Waals surface area contributed by atoms with Crippen LogP contribution in [-0.4, -0.2) is 27.8 Å². The van der Waals surface area contributed by atoms with Crippen LogP contribution in [0.25, 0.3) is 27.7 Å². The minimum Gasteiger partial charge on any atom is -0.497 e. The van der Waals surface area contributed by atoms with Gasteiger partial charge < -0.3 is 13.9 Å². The fourth-order valence-corrected chi connectivity index (χ4v) is 4.05. The molecule has 0 saturated heterocycles. The van der Waals surface area contributed by atoms with Crippen molar-refractivity contribution in [1.82, 2.24) is 14.1 Å². The molecule has 0 unspecified atom stereocenters. The Bertz CT molecular complexity index is 1730. The van der Waals surface area contributed by atoms with Gasteiger partial charge in [0.25, 0.3) is 5.56 Å². The predicted molar refractivity (Wildman–Crippen MR) is 131 cm³/mol. The Morgan fingerprint density at radius 3 is 2.46 bits per heavy atom. The number of hydrogen-bond donors (Lipinski definition) is 0. The average Bonchev–Trinajstić information content (AvgIpc) is 2.87. The zero-order valence-corrected chi connectivity index (χ0v) is 19.1. The summed E-state index contributed by atoms with van der Waals surface area (Å²) in [5, 5.41) is 0.842. The van der Waals surface area contributed by atoms with E-state index in [9.17, 15) is 14.4 Å². The lowest BCUT2D eigenvalue weighted by atomic mass is 10.1. The minimum absolute atomic E-state index is 0.143. The van der Waals surface area contributed by atoms with Crippen LogP contribution in [0, 0.1) is 0 Å². The summed E-state index contributed by atoms with van der Waals surface area (Å²) in [5.74, 6) is 1.21. The van der Waals surface area contributed by atoms with Crippen LogP contribution in [0.15, 0.2) is 85.7 Å². The second kappa shape index (κ2) is 8.94.